The molecule has 1 aliphatic rings. The predicted octanol–water partition coefficient (Wildman–Crippen LogP) is 1.96. The van der Waals surface area contributed by atoms with E-state index in [-0.39, 0.29) is 11.4 Å². The van der Waals surface area contributed by atoms with E-state index in [0.717, 1.165) is 31.5 Å². The number of carbonyl (C=O) groups is 1. The van der Waals surface area contributed by atoms with E-state index < -0.39 is 0 Å². The van der Waals surface area contributed by atoms with E-state index >= 15 is 0 Å². The first-order valence-corrected chi connectivity index (χ1v) is 6.79. The Bertz CT molecular complexity index is 452. The summed E-state index contributed by atoms with van der Waals surface area (Å²) in [6.45, 7) is 0.866. The number of nitrogens with two attached hydrogens (primary N) is 1. The van der Waals surface area contributed by atoms with Crippen LogP contribution in [0.3, 0.4) is 0 Å². The lowest BCUT2D eigenvalue weighted by Gasteiger charge is -2.37. The maximum Gasteiger partial charge on any atom is 0.226 e. The van der Waals surface area contributed by atoms with Crippen molar-refractivity contribution >= 4 is 11.6 Å². The molecule has 0 bridgehead atoms. The Morgan fingerprint density at radius 3 is 2.74 bits per heavy atom. The molecule has 0 saturated heterocycles. The van der Waals surface area contributed by atoms with Crippen molar-refractivity contribution in [2.75, 3.05) is 19.4 Å². The molecule has 0 radical (unpaired) electrons. The van der Waals surface area contributed by atoms with Crippen molar-refractivity contribution in [1.82, 2.24) is 4.90 Å². The van der Waals surface area contributed by atoms with Crippen LogP contribution in [0.1, 0.15) is 31.2 Å². The van der Waals surface area contributed by atoms with Gasteiger partial charge < -0.3 is 16.0 Å². The Morgan fingerprint density at radius 1 is 1.42 bits per heavy atom. The van der Waals surface area contributed by atoms with Crippen molar-refractivity contribution in [3.63, 3.8) is 0 Å². The second-order valence-electron chi connectivity index (χ2n) is 5.88. The van der Waals surface area contributed by atoms with Crippen molar-refractivity contribution in [3.05, 3.63) is 29.8 Å². The molecule has 0 unspecified atom stereocenters. The summed E-state index contributed by atoms with van der Waals surface area (Å²) in [5, 5.41) is 2.94. The first-order valence-electron chi connectivity index (χ1n) is 6.79. The summed E-state index contributed by atoms with van der Waals surface area (Å²) in [5.41, 5.74) is 7.87. The molecule has 0 atom stereocenters. The van der Waals surface area contributed by atoms with Gasteiger partial charge in [-0.3, -0.25) is 4.79 Å². The smallest absolute Gasteiger partial charge is 0.226 e. The highest BCUT2D eigenvalue weighted by atomic mass is 16.1. The van der Waals surface area contributed by atoms with Crippen molar-refractivity contribution in [1.29, 1.82) is 0 Å². The Kier molecular flexibility index (Phi) is 4.22. The van der Waals surface area contributed by atoms with Crippen LogP contribution in [0.25, 0.3) is 0 Å². The average Bonchev–Trinajstić information content (AvgIpc) is 2.26. The van der Waals surface area contributed by atoms with Gasteiger partial charge in [0.15, 0.2) is 0 Å². The minimum absolute atomic E-state index is 0.0178. The molecule has 0 spiro atoms. The van der Waals surface area contributed by atoms with Crippen LogP contribution in [0.2, 0.25) is 0 Å². The Morgan fingerprint density at radius 2 is 2.16 bits per heavy atom. The summed E-state index contributed by atoms with van der Waals surface area (Å²) >= 11 is 0. The molecule has 1 fully saturated rings. The number of carbonyl (C=O) groups excluding carboxylic acids is 1. The van der Waals surface area contributed by atoms with Crippen molar-refractivity contribution in [2.45, 2.75) is 37.8 Å². The molecular formula is C15H23N3O. The second kappa shape index (κ2) is 5.72. The van der Waals surface area contributed by atoms with Gasteiger partial charge in [-0.1, -0.05) is 12.1 Å². The summed E-state index contributed by atoms with van der Waals surface area (Å²) in [7, 11) is 4.06. The monoisotopic (exact) mass is 261 g/mol. The van der Waals surface area contributed by atoms with Crippen LogP contribution in [0.15, 0.2) is 24.3 Å². The van der Waals surface area contributed by atoms with Crippen LogP contribution in [0, 0.1) is 0 Å². The summed E-state index contributed by atoms with van der Waals surface area (Å²) in [6.07, 6.45) is 3.48. The molecule has 4 nitrogen and oxygen atoms in total. The third-order valence-corrected chi connectivity index (χ3v) is 3.57. The molecule has 0 aliphatic heterocycles. The zero-order valence-electron chi connectivity index (χ0n) is 11.8. The number of hydrogen-bond donors (Lipinski definition) is 2. The third kappa shape index (κ3) is 4.04. The highest BCUT2D eigenvalue weighted by Gasteiger charge is 2.34. The fourth-order valence-electron chi connectivity index (χ4n) is 2.45. The fourth-order valence-corrected chi connectivity index (χ4v) is 2.45. The Hall–Kier alpha value is -1.39. The number of benzene rings is 1. The summed E-state index contributed by atoms with van der Waals surface area (Å²) in [4.78, 5) is 14.1. The molecule has 1 aromatic carbocycles. The van der Waals surface area contributed by atoms with E-state index in [4.69, 9.17) is 5.73 Å². The summed E-state index contributed by atoms with van der Waals surface area (Å²) in [6, 6.07) is 7.96. The van der Waals surface area contributed by atoms with Crippen LogP contribution >= 0.6 is 0 Å². The van der Waals surface area contributed by atoms with Gasteiger partial charge in [0.2, 0.25) is 5.91 Å². The minimum Gasteiger partial charge on any atom is -0.326 e. The van der Waals surface area contributed by atoms with Crippen LogP contribution in [0.5, 0.6) is 0 Å². The molecule has 2 rings (SSSR count). The third-order valence-electron chi connectivity index (χ3n) is 3.57. The number of anilines is 1. The van der Waals surface area contributed by atoms with E-state index in [9.17, 15) is 4.79 Å². The van der Waals surface area contributed by atoms with E-state index in [2.05, 4.69) is 16.3 Å². The van der Waals surface area contributed by atoms with E-state index in [0.29, 0.717) is 6.42 Å². The van der Waals surface area contributed by atoms with Crippen LogP contribution < -0.4 is 11.1 Å². The molecule has 1 aliphatic carbocycles. The maximum atomic E-state index is 12.0. The SMILES string of the molecule is CN(C)Cc1cccc(NC(=O)CC2(N)CCC2)c1. The minimum atomic E-state index is -0.259. The predicted molar refractivity (Wildman–Crippen MR) is 77.8 cm³/mol. The highest BCUT2D eigenvalue weighted by molar-refractivity contribution is 5.91. The molecular weight excluding hydrogens is 238 g/mol. The highest BCUT2D eigenvalue weighted by Crippen LogP contribution is 2.32. The van der Waals surface area contributed by atoms with E-state index in [1.807, 2.05) is 32.3 Å². The van der Waals surface area contributed by atoms with Crippen LogP contribution in [-0.2, 0) is 11.3 Å². The number of amides is 1. The zero-order chi connectivity index (χ0) is 13.9. The fraction of sp³-hybridized carbons (Fsp3) is 0.533. The summed E-state index contributed by atoms with van der Waals surface area (Å²) in [5.74, 6) is 0.0178. The normalized spacial score (nSPS) is 17.1. The Balaban J connectivity index is 1.92. The largest absolute Gasteiger partial charge is 0.326 e. The number of nitrogens with one attached hydrogen (secondary N) is 1. The summed E-state index contributed by atoms with van der Waals surface area (Å²) < 4.78 is 0. The molecule has 4 heteroatoms. The Labute approximate surface area is 115 Å². The number of nitrogens with zero attached hydrogens (tertiary/aromatic N) is 1. The lowest BCUT2D eigenvalue weighted by molar-refractivity contribution is -0.118. The van der Waals surface area contributed by atoms with Gasteiger partial charge in [0.25, 0.3) is 0 Å². The molecule has 1 amide bonds. The standard InChI is InChI=1S/C15H23N3O/c1-18(2)11-12-5-3-6-13(9-12)17-14(19)10-15(16)7-4-8-15/h3,5-6,9H,4,7-8,10-11,16H2,1-2H3,(H,17,19). The van der Waals surface area contributed by atoms with Gasteiger partial charge in [-0.05, 0) is 51.1 Å². The van der Waals surface area contributed by atoms with Gasteiger partial charge in [-0.2, -0.15) is 0 Å². The van der Waals surface area contributed by atoms with Crippen molar-refractivity contribution in [3.8, 4) is 0 Å². The molecule has 104 valence electrons. The lowest BCUT2D eigenvalue weighted by atomic mass is 9.75. The molecule has 19 heavy (non-hydrogen) atoms. The first kappa shape index (κ1) is 14.0. The number of hydrogen-bond acceptors (Lipinski definition) is 3. The van der Waals surface area contributed by atoms with Gasteiger partial charge in [-0.25, -0.2) is 0 Å². The topological polar surface area (TPSA) is 58.4 Å². The van der Waals surface area contributed by atoms with Crippen LogP contribution in [0.4, 0.5) is 5.69 Å². The van der Waals surface area contributed by atoms with E-state index in [1.165, 1.54) is 5.56 Å². The molecule has 1 aromatic rings. The van der Waals surface area contributed by atoms with Gasteiger partial charge in [-0.15, -0.1) is 0 Å². The average molecular weight is 261 g/mol. The van der Waals surface area contributed by atoms with Gasteiger partial charge in [0.05, 0.1) is 0 Å². The number of rotatable bonds is 5. The maximum absolute atomic E-state index is 12.0. The molecule has 0 aromatic heterocycles. The molecule has 0 heterocycles. The molecule has 1 saturated carbocycles. The quantitative estimate of drug-likeness (QED) is 0.852. The van der Waals surface area contributed by atoms with Gasteiger partial charge >= 0.3 is 0 Å². The van der Waals surface area contributed by atoms with Gasteiger partial charge in [0, 0.05) is 24.2 Å². The lowest BCUT2D eigenvalue weighted by Crippen LogP contribution is -2.48. The van der Waals surface area contributed by atoms with E-state index in [1.54, 1.807) is 0 Å². The van der Waals surface area contributed by atoms with Crippen molar-refractivity contribution in [2.24, 2.45) is 5.73 Å². The molecule has 3 N–H and O–H groups in total. The van der Waals surface area contributed by atoms with Crippen LogP contribution in [-0.4, -0.2) is 30.4 Å². The first-order chi connectivity index (χ1) is 8.97. The zero-order valence-corrected chi connectivity index (χ0v) is 11.8. The second-order valence-corrected chi connectivity index (χ2v) is 5.88. The van der Waals surface area contributed by atoms with Crippen molar-refractivity contribution < 1.29 is 4.79 Å². The van der Waals surface area contributed by atoms with Gasteiger partial charge in [0.1, 0.15) is 0 Å².